The quantitative estimate of drug-likeness (QED) is 0.752. The summed E-state index contributed by atoms with van der Waals surface area (Å²) in [4.78, 5) is 16.2. The molecule has 1 N–H and O–H groups in total. The highest BCUT2D eigenvalue weighted by Gasteiger charge is 2.13. The van der Waals surface area contributed by atoms with Crippen molar-refractivity contribution in [2.45, 2.75) is 6.42 Å². The molecule has 3 aromatic rings. The van der Waals surface area contributed by atoms with Gasteiger partial charge in [0, 0.05) is 30.0 Å². The zero-order valence-corrected chi connectivity index (χ0v) is 13.3. The zero-order valence-electron chi connectivity index (χ0n) is 12.5. The van der Waals surface area contributed by atoms with E-state index in [0.29, 0.717) is 24.5 Å². The standard InChI is InChI=1S/C16H15N3O3S/c1-21-13-4-2-3-11(7-13)15-8-14(19-22-15)16(20)17-6-5-12-9-23-10-18-12/h2-4,7-10H,5-6H2,1H3,(H,17,20). The van der Waals surface area contributed by atoms with E-state index in [-0.39, 0.29) is 11.6 Å². The summed E-state index contributed by atoms with van der Waals surface area (Å²) in [6.07, 6.45) is 0.690. The molecule has 0 aliphatic carbocycles. The molecule has 1 amide bonds. The van der Waals surface area contributed by atoms with Gasteiger partial charge in [0.25, 0.3) is 5.91 Å². The van der Waals surface area contributed by atoms with Gasteiger partial charge in [0.2, 0.25) is 0 Å². The summed E-state index contributed by atoms with van der Waals surface area (Å²) in [7, 11) is 1.60. The maximum absolute atomic E-state index is 12.1. The number of thiazole rings is 1. The number of hydrogen-bond acceptors (Lipinski definition) is 6. The Labute approximate surface area is 137 Å². The van der Waals surface area contributed by atoms with E-state index in [0.717, 1.165) is 11.3 Å². The van der Waals surface area contributed by atoms with Gasteiger partial charge in [0.15, 0.2) is 11.5 Å². The predicted octanol–water partition coefficient (Wildman–Crippen LogP) is 2.78. The van der Waals surface area contributed by atoms with Crippen molar-refractivity contribution in [3.63, 3.8) is 0 Å². The maximum atomic E-state index is 12.1. The lowest BCUT2D eigenvalue weighted by atomic mass is 10.1. The fourth-order valence-electron chi connectivity index (χ4n) is 2.05. The van der Waals surface area contributed by atoms with Crippen molar-refractivity contribution in [2.75, 3.05) is 13.7 Å². The van der Waals surface area contributed by atoms with Gasteiger partial charge in [-0.2, -0.15) is 0 Å². The molecule has 0 saturated carbocycles. The van der Waals surface area contributed by atoms with E-state index in [4.69, 9.17) is 9.26 Å². The number of aromatic nitrogens is 2. The molecule has 23 heavy (non-hydrogen) atoms. The molecular weight excluding hydrogens is 314 g/mol. The second-order valence-corrected chi connectivity index (χ2v) is 5.51. The average molecular weight is 329 g/mol. The molecule has 7 heteroatoms. The lowest BCUT2D eigenvalue weighted by molar-refractivity contribution is 0.0945. The highest BCUT2D eigenvalue weighted by Crippen LogP contribution is 2.24. The van der Waals surface area contributed by atoms with Gasteiger partial charge in [-0.25, -0.2) is 4.98 Å². The van der Waals surface area contributed by atoms with Crippen molar-refractivity contribution in [3.8, 4) is 17.1 Å². The molecule has 1 aromatic carbocycles. The minimum Gasteiger partial charge on any atom is -0.497 e. The molecule has 0 aliphatic heterocycles. The lowest BCUT2D eigenvalue weighted by Gasteiger charge is -2.00. The number of carbonyl (C=O) groups excluding carboxylic acids is 1. The number of amides is 1. The summed E-state index contributed by atoms with van der Waals surface area (Å²) in [5.41, 5.74) is 3.79. The van der Waals surface area contributed by atoms with Gasteiger partial charge >= 0.3 is 0 Å². The van der Waals surface area contributed by atoms with E-state index in [1.165, 1.54) is 11.3 Å². The molecule has 0 spiro atoms. The highest BCUT2D eigenvalue weighted by atomic mass is 32.1. The van der Waals surface area contributed by atoms with Crippen LogP contribution < -0.4 is 10.1 Å². The number of benzene rings is 1. The minimum absolute atomic E-state index is 0.251. The fourth-order valence-corrected chi connectivity index (χ4v) is 2.64. The SMILES string of the molecule is COc1cccc(-c2cc(C(=O)NCCc3cscn3)no2)c1. The molecule has 3 rings (SSSR count). The molecule has 0 radical (unpaired) electrons. The van der Waals surface area contributed by atoms with Crippen molar-refractivity contribution in [2.24, 2.45) is 0 Å². The van der Waals surface area contributed by atoms with Gasteiger partial charge in [-0.05, 0) is 12.1 Å². The van der Waals surface area contributed by atoms with E-state index in [1.54, 1.807) is 18.7 Å². The highest BCUT2D eigenvalue weighted by molar-refractivity contribution is 7.07. The molecular formula is C16H15N3O3S. The second kappa shape index (κ2) is 7.06. The Bertz CT molecular complexity index is 783. The Balaban J connectivity index is 1.62. The van der Waals surface area contributed by atoms with Crippen LogP contribution in [0, 0.1) is 0 Å². The van der Waals surface area contributed by atoms with Gasteiger partial charge in [0.05, 0.1) is 18.3 Å². The van der Waals surface area contributed by atoms with Crippen LogP contribution in [0.25, 0.3) is 11.3 Å². The Morgan fingerprint density at radius 3 is 3.09 bits per heavy atom. The van der Waals surface area contributed by atoms with Gasteiger partial charge in [-0.15, -0.1) is 11.3 Å². The minimum atomic E-state index is -0.266. The number of hydrogen-bond donors (Lipinski definition) is 1. The molecule has 0 bridgehead atoms. The molecule has 118 valence electrons. The summed E-state index contributed by atoms with van der Waals surface area (Å²) in [5.74, 6) is 0.972. The summed E-state index contributed by atoms with van der Waals surface area (Å²) >= 11 is 1.54. The van der Waals surface area contributed by atoms with Gasteiger partial charge in [0.1, 0.15) is 5.75 Å². The number of nitrogens with one attached hydrogen (secondary N) is 1. The lowest BCUT2D eigenvalue weighted by Crippen LogP contribution is -2.25. The van der Waals surface area contributed by atoms with Crippen molar-refractivity contribution < 1.29 is 14.1 Å². The second-order valence-electron chi connectivity index (χ2n) is 4.79. The van der Waals surface area contributed by atoms with Crippen LogP contribution in [0.15, 0.2) is 45.7 Å². The van der Waals surface area contributed by atoms with Gasteiger partial charge in [-0.3, -0.25) is 4.79 Å². The smallest absolute Gasteiger partial charge is 0.273 e. The Morgan fingerprint density at radius 2 is 2.30 bits per heavy atom. The van der Waals surface area contributed by atoms with Gasteiger partial charge < -0.3 is 14.6 Å². The molecule has 0 saturated heterocycles. The van der Waals surface area contributed by atoms with Crippen LogP contribution in [-0.4, -0.2) is 29.7 Å². The topological polar surface area (TPSA) is 77.2 Å². The van der Waals surface area contributed by atoms with E-state index in [1.807, 2.05) is 29.6 Å². The summed E-state index contributed by atoms with van der Waals surface area (Å²) in [6, 6.07) is 9.00. The molecule has 6 nitrogen and oxygen atoms in total. The predicted molar refractivity (Wildman–Crippen MR) is 86.6 cm³/mol. The molecule has 2 aromatic heterocycles. The van der Waals surface area contributed by atoms with Crippen LogP contribution in [0.1, 0.15) is 16.2 Å². The van der Waals surface area contributed by atoms with Gasteiger partial charge in [-0.1, -0.05) is 17.3 Å². The van der Waals surface area contributed by atoms with Crippen LogP contribution in [0.2, 0.25) is 0 Å². The normalized spacial score (nSPS) is 10.5. The Kier molecular flexibility index (Phi) is 4.68. The monoisotopic (exact) mass is 329 g/mol. The van der Waals surface area contributed by atoms with Crippen molar-refractivity contribution in [1.82, 2.24) is 15.5 Å². The first-order valence-corrected chi connectivity index (χ1v) is 7.97. The Morgan fingerprint density at radius 1 is 1.39 bits per heavy atom. The first-order valence-electron chi connectivity index (χ1n) is 7.02. The Hall–Kier alpha value is -2.67. The number of ether oxygens (including phenoxy) is 1. The van der Waals surface area contributed by atoms with Crippen molar-refractivity contribution >= 4 is 17.2 Å². The first-order chi connectivity index (χ1) is 11.3. The van der Waals surface area contributed by atoms with Crippen LogP contribution in [0.5, 0.6) is 5.75 Å². The number of rotatable bonds is 6. The molecule has 0 atom stereocenters. The van der Waals surface area contributed by atoms with Crippen LogP contribution in [0.3, 0.4) is 0 Å². The van der Waals surface area contributed by atoms with Crippen LogP contribution >= 0.6 is 11.3 Å². The third-order valence-electron chi connectivity index (χ3n) is 3.25. The van der Waals surface area contributed by atoms with E-state index < -0.39 is 0 Å². The van der Waals surface area contributed by atoms with E-state index >= 15 is 0 Å². The molecule has 2 heterocycles. The first kappa shape index (κ1) is 15.2. The third kappa shape index (κ3) is 3.75. The van der Waals surface area contributed by atoms with Crippen LogP contribution in [-0.2, 0) is 6.42 Å². The third-order valence-corrected chi connectivity index (χ3v) is 3.88. The van der Waals surface area contributed by atoms with Crippen molar-refractivity contribution in [3.05, 3.63) is 52.6 Å². The summed E-state index contributed by atoms with van der Waals surface area (Å²) in [6.45, 7) is 0.504. The van der Waals surface area contributed by atoms with E-state index in [2.05, 4.69) is 15.5 Å². The van der Waals surface area contributed by atoms with E-state index in [9.17, 15) is 4.79 Å². The average Bonchev–Trinajstić information content (AvgIpc) is 3.26. The van der Waals surface area contributed by atoms with Crippen LogP contribution in [0.4, 0.5) is 0 Å². The molecule has 0 unspecified atom stereocenters. The molecule has 0 aliphatic rings. The number of carbonyl (C=O) groups is 1. The summed E-state index contributed by atoms with van der Waals surface area (Å²) in [5, 5.41) is 8.59. The number of nitrogens with zero attached hydrogens (tertiary/aromatic N) is 2. The maximum Gasteiger partial charge on any atom is 0.273 e. The summed E-state index contributed by atoms with van der Waals surface area (Å²) < 4.78 is 10.4. The largest absolute Gasteiger partial charge is 0.497 e. The zero-order chi connectivity index (χ0) is 16.1. The van der Waals surface area contributed by atoms with Crippen molar-refractivity contribution in [1.29, 1.82) is 0 Å². The number of methoxy groups -OCH3 is 1. The molecule has 0 fully saturated rings. The fraction of sp³-hybridized carbons (Fsp3) is 0.188.